The van der Waals surface area contributed by atoms with Crippen LogP contribution in [0.25, 0.3) is 6.08 Å². The van der Waals surface area contributed by atoms with Crippen molar-refractivity contribution in [3.05, 3.63) is 63.5 Å². The summed E-state index contributed by atoms with van der Waals surface area (Å²) in [6.45, 7) is 2.80. The van der Waals surface area contributed by atoms with Gasteiger partial charge in [-0.25, -0.2) is 0 Å². The number of halogens is 1. The smallest absolute Gasteiger partial charge is 0.286 e. The molecule has 0 fully saturated rings. The Balaban J connectivity index is 1.77. The molecule has 2 aromatic carbocycles. The molecule has 0 atom stereocenters. The van der Waals surface area contributed by atoms with Crippen LogP contribution in [0.3, 0.4) is 0 Å². The van der Waals surface area contributed by atoms with Crippen LogP contribution in [0.15, 0.2) is 52.4 Å². The van der Waals surface area contributed by atoms with Crippen molar-refractivity contribution in [3.8, 4) is 11.5 Å². The molecule has 1 aliphatic rings. The van der Waals surface area contributed by atoms with E-state index in [9.17, 15) is 4.79 Å². The molecule has 1 amide bonds. The normalized spacial score (nSPS) is 15.2. The monoisotopic (exact) mass is 388 g/mol. The van der Waals surface area contributed by atoms with Gasteiger partial charge in [0.15, 0.2) is 16.7 Å². The Morgan fingerprint density at radius 2 is 1.92 bits per heavy atom. The quantitative estimate of drug-likeness (QED) is 0.749. The lowest BCUT2D eigenvalue weighted by Gasteiger charge is -2.13. The first-order valence-corrected chi connectivity index (χ1v) is 9.16. The largest absolute Gasteiger partial charge is 0.490 e. The minimum Gasteiger partial charge on any atom is -0.490 e. The Bertz CT molecular complexity index is 879. The highest BCUT2D eigenvalue weighted by molar-refractivity contribution is 8.18. The van der Waals surface area contributed by atoms with Gasteiger partial charge in [-0.2, -0.15) is 4.99 Å². The summed E-state index contributed by atoms with van der Waals surface area (Å²) in [5.41, 5.74) is 7.39. The Morgan fingerprint density at radius 3 is 2.58 bits per heavy atom. The van der Waals surface area contributed by atoms with Crippen LogP contribution in [0.1, 0.15) is 18.1 Å². The van der Waals surface area contributed by atoms with Crippen molar-refractivity contribution in [1.82, 2.24) is 0 Å². The van der Waals surface area contributed by atoms with Gasteiger partial charge in [0.05, 0.1) is 11.5 Å². The van der Waals surface area contributed by atoms with Crippen LogP contribution in [0.5, 0.6) is 11.5 Å². The van der Waals surface area contributed by atoms with Crippen molar-refractivity contribution in [2.24, 2.45) is 10.7 Å². The van der Waals surface area contributed by atoms with E-state index in [1.165, 1.54) is 0 Å². The van der Waals surface area contributed by atoms with E-state index < -0.39 is 0 Å². The third-order valence-corrected chi connectivity index (χ3v) is 4.57. The number of rotatable bonds is 6. The Labute approximate surface area is 160 Å². The fraction of sp³-hybridized carbons (Fsp3) is 0.158. The van der Waals surface area contributed by atoms with Crippen molar-refractivity contribution in [3.63, 3.8) is 0 Å². The first kappa shape index (κ1) is 18.4. The molecule has 0 unspecified atom stereocenters. The fourth-order valence-corrected chi connectivity index (χ4v) is 3.13. The number of amides is 1. The zero-order valence-corrected chi connectivity index (χ0v) is 15.6. The lowest BCUT2D eigenvalue weighted by atomic mass is 10.2. The van der Waals surface area contributed by atoms with E-state index in [2.05, 4.69) is 4.99 Å². The van der Waals surface area contributed by atoms with E-state index in [0.717, 1.165) is 22.9 Å². The number of carbonyl (C=O) groups excluding carboxylic acids is 1. The predicted octanol–water partition coefficient (Wildman–Crippen LogP) is 4.25. The number of carbonyl (C=O) groups is 1. The van der Waals surface area contributed by atoms with E-state index in [1.807, 2.05) is 49.4 Å². The highest BCUT2D eigenvalue weighted by Crippen LogP contribution is 2.32. The van der Waals surface area contributed by atoms with Gasteiger partial charge in [0.25, 0.3) is 5.91 Å². The Kier molecular flexibility index (Phi) is 5.85. The van der Waals surface area contributed by atoms with Gasteiger partial charge < -0.3 is 15.2 Å². The molecule has 7 heteroatoms. The van der Waals surface area contributed by atoms with Gasteiger partial charge in [0.1, 0.15) is 6.61 Å². The second-order valence-electron chi connectivity index (χ2n) is 5.42. The molecule has 5 nitrogen and oxygen atoms in total. The van der Waals surface area contributed by atoms with Crippen molar-refractivity contribution < 1.29 is 14.3 Å². The van der Waals surface area contributed by atoms with E-state index in [0.29, 0.717) is 34.6 Å². The molecule has 0 bridgehead atoms. The van der Waals surface area contributed by atoms with Crippen LogP contribution in [0, 0.1) is 0 Å². The molecule has 0 radical (unpaired) electrons. The number of benzene rings is 2. The molecule has 26 heavy (non-hydrogen) atoms. The maximum absolute atomic E-state index is 11.7. The van der Waals surface area contributed by atoms with Crippen LogP contribution in [0.4, 0.5) is 0 Å². The summed E-state index contributed by atoms with van der Waals surface area (Å²) in [6, 6.07) is 13.0. The molecule has 0 spiro atoms. The van der Waals surface area contributed by atoms with E-state index in [-0.39, 0.29) is 11.1 Å². The van der Waals surface area contributed by atoms with Crippen LogP contribution in [-0.2, 0) is 11.4 Å². The van der Waals surface area contributed by atoms with Crippen LogP contribution in [-0.4, -0.2) is 17.7 Å². The first-order valence-electron chi connectivity index (χ1n) is 7.97. The van der Waals surface area contributed by atoms with Crippen LogP contribution >= 0.6 is 23.4 Å². The molecule has 1 aliphatic heterocycles. The lowest BCUT2D eigenvalue weighted by molar-refractivity contribution is -0.113. The maximum Gasteiger partial charge on any atom is 0.286 e. The fourth-order valence-electron chi connectivity index (χ4n) is 2.32. The zero-order valence-electron chi connectivity index (χ0n) is 14.1. The molecule has 1 heterocycles. The van der Waals surface area contributed by atoms with E-state index in [4.69, 9.17) is 26.8 Å². The lowest BCUT2D eigenvalue weighted by Crippen LogP contribution is -2.01. The first-order chi connectivity index (χ1) is 12.5. The van der Waals surface area contributed by atoms with Crippen LogP contribution in [0.2, 0.25) is 5.02 Å². The average Bonchev–Trinajstić information content (AvgIpc) is 2.93. The third-order valence-electron chi connectivity index (χ3n) is 3.51. The minimum absolute atomic E-state index is 0.259. The average molecular weight is 389 g/mol. The number of nitrogens with two attached hydrogens (primary N) is 1. The second-order valence-corrected chi connectivity index (χ2v) is 6.92. The van der Waals surface area contributed by atoms with Gasteiger partial charge in [-0.05, 0) is 60.2 Å². The Hall–Kier alpha value is -2.44. The number of hydrogen-bond acceptors (Lipinski definition) is 5. The van der Waals surface area contributed by atoms with Crippen molar-refractivity contribution in [2.45, 2.75) is 13.5 Å². The topological polar surface area (TPSA) is 73.9 Å². The molecule has 134 valence electrons. The van der Waals surface area contributed by atoms with Gasteiger partial charge >= 0.3 is 0 Å². The molecule has 3 rings (SSSR count). The molecular weight excluding hydrogens is 372 g/mol. The summed E-state index contributed by atoms with van der Waals surface area (Å²) in [5.74, 6) is 0.916. The summed E-state index contributed by atoms with van der Waals surface area (Å²) in [6.07, 6.45) is 1.74. The third kappa shape index (κ3) is 4.59. The van der Waals surface area contributed by atoms with Crippen molar-refractivity contribution >= 4 is 40.5 Å². The molecular formula is C19H17ClN2O3S. The number of ether oxygens (including phenoxy) is 2. The number of nitrogens with zero attached hydrogens (tertiary/aromatic N) is 1. The number of hydrogen-bond donors (Lipinski definition) is 1. The molecule has 0 saturated heterocycles. The van der Waals surface area contributed by atoms with Gasteiger partial charge in [-0.1, -0.05) is 29.8 Å². The standard InChI is InChI=1S/C19H17ClN2O3S/c1-2-24-16-9-13(10-17-18(23)22-19(21)26-17)5-8-15(16)25-11-12-3-6-14(20)7-4-12/h3-10H,2,11H2,1H3,(H2,21,22,23)/b17-10-. The minimum atomic E-state index is -0.325. The highest BCUT2D eigenvalue weighted by atomic mass is 35.5. The maximum atomic E-state index is 11.7. The number of thioether (sulfide) groups is 1. The van der Waals surface area contributed by atoms with Crippen LogP contribution < -0.4 is 15.2 Å². The summed E-state index contributed by atoms with van der Waals surface area (Å²) in [7, 11) is 0. The summed E-state index contributed by atoms with van der Waals surface area (Å²) in [4.78, 5) is 15.9. The molecule has 0 saturated carbocycles. The molecule has 2 aromatic rings. The molecule has 2 N–H and O–H groups in total. The van der Waals surface area contributed by atoms with Gasteiger partial charge in [-0.15, -0.1) is 0 Å². The van der Waals surface area contributed by atoms with Crippen molar-refractivity contribution in [2.75, 3.05) is 6.61 Å². The highest BCUT2D eigenvalue weighted by Gasteiger charge is 2.19. The van der Waals surface area contributed by atoms with E-state index in [1.54, 1.807) is 6.08 Å². The van der Waals surface area contributed by atoms with Crippen molar-refractivity contribution in [1.29, 1.82) is 0 Å². The summed E-state index contributed by atoms with van der Waals surface area (Å²) >= 11 is 7.05. The number of amidine groups is 1. The van der Waals surface area contributed by atoms with Gasteiger partial charge in [0, 0.05) is 5.02 Å². The summed E-state index contributed by atoms with van der Waals surface area (Å²) in [5, 5.41) is 0.944. The zero-order chi connectivity index (χ0) is 18.5. The SMILES string of the molecule is CCOc1cc(/C=C2\SC(N)=NC2=O)ccc1OCc1ccc(Cl)cc1. The molecule has 0 aromatic heterocycles. The predicted molar refractivity (Wildman–Crippen MR) is 106 cm³/mol. The molecule has 0 aliphatic carbocycles. The van der Waals surface area contributed by atoms with Gasteiger partial charge in [0.2, 0.25) is 0 Å². The van der Waals surface area contributed by atoms with E-state index >= 15 is 0 Å². The summed E-state index contributed by atoms with van der Waals surface area (Å²) < 4.78 is 11.6. The second kappa shape index (κ2) is 8.29. The Morgan fingerprint density at radius 1 is 1.15 bits per heavy atom. The van der Waals surface area contributed by atoms with Gasteiger partial charge in [-0.3, -0.25) is 4.79 Å². The number of aliphatic imine (C=N–C) groups is 1.